The Morgan fingerprint density at radius 2 is 1.81 bits per heavy atom. The lowest BCUT2D eigenvalue weighted by molar-refractivity contribution is 0.256. The van der Waals surface area contributed by atoms with Crippen LogP contribution in [0.3, 0.4) is 0 Å². The van der Waals surface area contributed by atoms with Crippen LogP contribution in [0.1, 0.15) is 38.7 Å². The van der Waals surface area contributed by atoms with Gasteiger partial charge in [0.2, 0.25) is 0 Å². The molecule has 0 aliphatic carbocycles. The molecular formula is C16H23N3O2. The standard InChI is InChI=1S/C16H23N3O2/c1-3-5-10-19(9-4-2)11-8-12-6-7-13(20)15-14(12)17-16(21)18-15/h6-7,20H,3-5,8-11H2,1-2H3. The van der Waals surface area contributed by atoms with Crippen molar-refractivity contribution in [3.63, 3.8) is 0 Å². The molecule has 2 rings (SSSR count). The number of aromatic hydroxyl groups is 1. The van der Waals surface area contributed by atoms with Crippen LogP contribution in [0, 0.1) is 0 Å². The van der Waals surface area contributed by atoms with Gasteiger partial charge >= 0.3 is 6.03 Å². The van der Waals surface area contributed by atoms with Crippen molar-refractivity contribution in [3.8, 4) is 5.75 Å². The lowest BCUT2D eigenvalue weighted by Gasteiger charge is -2.21. The van der Waals surface area contributed by atoms with E-state index in [1.54, 1.807) is 6.07 Å². The summed E-state index contributed by atoms with van der Waals surface area (Å²) in [5.41, 5.74) is 0.981. The number of unbranched alkanes of at least 4 members (excludes halogenated alkanes) is 1. The van der Waals surface area contributed by atoms with Gasteiger partial charge in [0.25, 0.3) is 0 Å². The van der Waals surface area contributed by atoms with Gasteiger partial charge in [-0.25, -0.2) is 4.79 Å². The Balaban J connectivity index is 2.11. The molecule has 1 aliphatic heterocycles. The Hall–Kier alpha value is -1.75. The van der Waals surface area contributed by atoms with Crippen LogP contribution in [0.4, 0.5) is 4.79 Å². The van der Waals surface area contributed by atoms with Gasteiger partial charge in [-0.05, 0) is 44.0 Å². The van der Waals surface area contributed by atoms with Gasteiger partial charge < -0.3 is 10.0 Å². The highest BCUT2D eigenvalue weighted by Gasteiger charge is 2.13. The highest BCUT2D eigenvalue weighted by molar-refractivity contribution is 5.78. The van der Waals surface area contributed by atoms with Crippen molar-refractivity contribution in [1.82, 2.24) is 4.90 Å². The molecule has 0 aromatic heterocycles. The number of rotatable bonds is 8. The minimum Gasteiger partial charge on any atom is -0.506 e. The second-order valence-electron chi connectivity index (χ2n) is 5.39. The van der Waals surface area contributed by atoms with E-state index < -0.39 is 6.03 Å². The van der Waals surface area contributed by atoms with Crippen molar-refractivity contribution in [2.45, 2.75) is 39.5 Å². The van der Waals surface area contributed by atoms with Gasteiger partial charge in [-0.2, -0.15) is 9.98 Å². The molecule has 1 N–H and O–H groups in total. The second-order valence-corrected chi connectivity index (χ2v) is 5.39. The lowest BCUT2D eigenvalue weighted by atomic mass is 10.1. The van der Waals surface area contributed by atoms with Crippen LogP contribution in [0.15, 0.2) is 22.1 Å². The average molecular weight is 289 g/mol. The van der Waals surface area contributed by atoms with Crippen molar-refractivity contribution >= 4 is 6.03 Å². The number of amides is 2. The summed E-state index contributed by atoms with van der Waals surface area (Å²) in [4.78, 5) is 21.4. The summed E-state index contributed by atoms with van der Waals surface area (Å²) in [7, 11) is 0. The van der Waals surface area contributed by atoms with Gasteiger partial charge in [-0.3, -0.25) is 0 Å². The summed E-state index contributed by atoms with van der Waals surface area (Å²) in [6, 6.07) is 2.92. The van der Waals surface area contributed by atoms with E-state index in [9.17, 15) is 9.90 Å². The van der Waals surface area contributed by atoms with Crippen LogP contribution < -0.4 is 10.7 Å². The molecule has 1 aromatic rings. The number of nitrogens with zero attached hydrogens (tertiary/aromatic N) is 3. The maximum absolute atomic E-state index is 11.3. The molecule has 0 bridgehead atoms. The molecule has 21 heavy (non-hydrogen) atoms. The van der Waals surface area contributed by atoms with E-state index in [1.807, 2.05) is 6.07 Å². The van der Waals surface area contributed by atoms with E-state index in [-0.39, 0.29) is 5.75 Å². The van der Waals surface area contributed by atoms with E-state index in [1.165, 1.54) is 12.8 Å². The first-order valence-corrected chi connectivity index (χ1v) is 7.70. The Bertz CT molecular complexity index is 625. The lowest BCUT2D eigenvalue weighted by Crippen LogP contribution is -2.32. The molecule has 1 heterocycles. The van der Waals surface area contributed by atoms with E-state index in [0.29, 0.717) is 10.7 Å². The normalized spacial score (nSPS) is 13.2. The molecule has 1 aliphatic rings. The van der Waals surface area contributed by atoms with Crippen molar-refractivity contribution in [3.05, 3.63) is 28.4 Å². The van der Waals surface area contributed by atoms with Crippen molar-refractivity contribution in [1.29, 1.82) is 0 Å². The van der Waals surface area contributed by atoms with Gasteiger partial charge in [0.15, 0.2) is 0 Å². The number of hydrogen-bond acceptors (Lipinski definition) is 3. The first kappa shape index (κ1) is 15.6. The van der Waals surface area contributed by atoms with Gasteiger partial charge in [-0.1, -0.05) is 26.3 Å². The fraction of sp³-hybridized carbons (Fsp3) is 0.562. The van der Waals surface area contributed by atoms with E-state index in [2.05, 4.69) is 28.7 Å². The van der Waals surface area contributed by atoms with Gasteiger partial charge in [0.1, 0.15) is 16.5 Å². The molecule has 5 nitrogen and oxygen atoms in total. The number of phenols is 1. The summed E-state index contributed by atoms with van der Waals surface area (Å²) in [6.45, 7) is 7.51. The highest BCUT2D eigenvalue weighted by Crippen LogP contribution is 2.05. The Morgan fingerprint density at radius 1 is 1.05 bits per heavy atom. The monoisotopic (exact) mass is 289 g/mol. The maximum atomic E-state index is 11.3. The zero-order valence-corrected chi connectivity index (χ0v) is 12.8. The zero-order chi connectivity index (χ0) is 15.2. The minimum absolute atomic E-state index is 0.0275. The maximum Gasteiger partial charge on any atom is 0.368 e. The number of urea groups is 1. The third kappa shape index (κ3) is 3.88. The summed E-state index contributed by atoms with van der Waals surface area (Å²) >= 11 is 0. The molecule has 0 unspecified atom stereocenters. The number of carbonyl (C=O) groups is 1. The van der Waals surface area contributed by atoms with Gasteiger partial charge in [0.05, 0.1) is 0 Å². The Morgan fingerprint density at radius 3 is 2.52 bits per heavy atom. The summed E-state index contributed by atoms with van der Waals surface area (Å²) in [5, 5.41) is 10.6. The Labute approximate surface area is 125 Å². The van der Waals surface area contributed by atoms with Crippen molar-refractivity contribution < 1.29 is 9.90 Å². The molecule has 0 saturated carbocycles. The number of phenolic OH excluding ortho intramolecular Hbond substituents is 1. The van der Waals surface area contributed by atoms with Crippen molar-refractivity contribution in [2.24, 2.45) is 9.98 Å². The molecule has 0 atom stereocenters. The molecule has 0 spiro atoms. The van der Waals surface area contributed by atoms with E-state index >= 15 is 0 Å². The molecule has 0 radical (unpaired) electrons. The summed E-state index contributed by atoms with van der Waals surface area (Å²) in [6.07, 6.45) is 4.34. The third-order valence-electron chi connectivity index (χ3n) is 3.69. The number of hydrogen-bond donors (Lipinski definition) is 1. The summed E-state index contributed by atoms with van der Waals surface area (Å²) < 4.78 is 0. The van der Waals surface area contributed by atoms with Crippen LogP contribution in [0.2, 0.25) is 0 Å². The Kier molecular flexibility index (Phi) is 5.44. The van der Waals surface area contributed by atoms with Crippen LogP contribution in [0.5, 0.6) is 5.75 Å². The predicted octanol–water partition coefficient (Wildman–Crippen LogP) is 1.82. The van der Waals surface area contributed by atoms with E-state index in [0.717, 1.165) is 38.0 Å². The first-order chi connectivity index (χ1) is 10.2. The topological polar surface area (TPSA) is 65.3 Å². The van der Waals surface area contributed by atoms with E-state index in [4.69, 9.17) is 0 Å². The molecule has 2 amide bonds. The SMILES string of the molecule is CCCCN(CCC)CCc1ccc(O)c2c1=NC(=O)N=2. The van der Waals surface area contributed by atoms with Crippen molar-refractivity contribution in [2.75, 3.05) is 19.6 Å². The third-order valence-corrected chi connectivity index (χ3v) is 3.69. The number of carbonyl (C=O) groups excluding carboxylic acids is 1. The largest absolute Gasteiger partial charge is 0.506 e. The molecule has 0 saturated heterocycles. The molecule has 0 fully saturated rings. The van der Waals surface area contributed by atoms with Crippen LogP contribution in [-0.2, 0) is 6.42 Å². The zero-order valence-electron chi connectivity index (χ0n) is 12.8. The second kappa shape index (κ2) is 7.31. The van der Waals surface area contributed by atoms with Crippen LogP contribution in [0.25, 0.3) is 0 Å². The quantitative estimate of drug-likeness (QED) is 0.794. The number of benzene rings is 1. The smallest absolute Gasteiger partial charge is 0.368 e. The van der Waals surface area contributed by atoms with Gasteiger partial charge in [-0.15, -0.1) is 0 Å². The fourth-order valence-electron chi connectivity index (χ4n) is 2.58. The minimum atomic E-state index is -0.524. The summed E-state index contributed by atoms with van der Waals surface area (Å²) in [5.74, 6) is 0.0275. The first-order valence-electron chi connectivity index (χ1n) is 7.70. The molecular weight excluding hydrogens is 266 g/mol. The predicted molar refractivity (Wildman–Crippen MR) is 81.2 cm³/mol. The molecule has 5 heteroatoms. The van der Waals surface area contributed by atoms with Crippen LogP contribution >= 0.6 is 0 Å². The average Bonchev–Trinajstić information content (AvgIpc) is 2.86. The number of fused-ring (bicyclic) bond motifs is 1. The fourth-order valence-corrected chi connectivity index (χ4v) is 2.58. The molecule has 1 aromatic carbocycles. The van der Waals surface area contributed by atoms with Gasteiger partial charge in [0, 0.05) is 6.54 Å². The molecule has 114 valence electrons. The highest BCUT2D eigenvalue weighted by atomic mass is 16.3. The van der Waals surface area contributed by atoms with Crippen LogP contribution in [-0.4, -0.2) is 35.7 Å².